The number of hydrogen-bond acceptors (Lipinski definition) is 3. The zero-order valence-electron chi connectivity index (χ0n) is 18.2. The van der Waals surface area contributed by atoms with E-state index >= 15 is 0 Å². The van der Waals surface area contributed by atoms with Gasteiger partial charge in [0.1, 0.15) is 11.6 Å². The minimum atomic E-state index is -0.253. The average molecular weight is 481 g/mol. The number of likely N-dealkylation sites (N-methyl/N-ethyl adjacent to an activating group) is 1. The molecular weight excluding hydrogens is 458 g/mol. The van der Waals surface area contributed by atoms with Crippen LogP contribution in [0.25, 0.3) is 22.5 Å². The number of benzene rings is 2. The Bertz CT molecular complexity index is 1270. The molecule has 0 fully saturated rings. The molecule has 0 saturated heterocycles. The molecule has 1 aliphatic rings. The predicted molar refractivity (Wildman–Crippen MR) is 131 cm³/mol. The van der Waals surface area contributed by atoms with Gasteiger partial charge >= 0.3 is 0 Å². The lowest BCUT2D eigenvalue weighted by molar-refractivity contribution is 0.274. The first-order chi connectivity index (χ1) is 16.0. The summed E-state index contributed by atoms with van der Waals surface area (Å²) in [5.41, 5.74) is 4.95. The van der Waals surface area contributed by atoms with Crippen LogP contribution in [-0.4, -0.2) is 33.0 Å². The van der Waals surface area contributed by atoms with Gasteiger partial charge in [-0.15, -0.1) is 0 Å². The molecule has 5 rings (SSSR count). The normalized spacial score (nSPS) is 15.2. The van der Waals surface area contributed by atoms with Crippen LogP contribution in [0.4, 0.5) is 4.39 Å². The average Bonchev–Trinajstić information content (AvgIpc) is 3.37. The summed E-state index contributed by atoms with van der Waals surface area (Å²) in [6.07, 6.45) is 5.51. The molecule has 0 spiro atoms. The van der Waals surface area contributed by atoms with Gasteiger partial charge in [-0.05, 0) is 67.6 Å². The fourth-order valence-electron chi connectivity index (χ4n) is 4.61. The maximum Gasteiger partial charge on any atom is 0.123 e. The Kier molecular flexibility index (Phi) is 6.19. The van der Waals surface area contributed by atoms with Crippen molar-refractivity contribution in [2.24, 2.45) is 0 Å². The van der Waals surface area contributed by atoms with Crippen molar-refractivity contribution in [3.05, 3.63) is 94.2 Å². The number of aryl methyl sites for hydroxylation is 1. The quantitative estimate of drug-likeness (QED) is 0.308. The molecule has 3 heterocycles. The first-order valence-electron chi connectivity index (χ1n) is 10.9. The van der Waals surface area contributed by atoms with Gasteiger partial charge in [0.05, 0.1) is 11.4 Å². The number of imidazole rings is 1. The van der Waals surface area contributed by atoms with Crippen LogP contribution in [0.3, 0.4) is 0 Å². The van der Waals surface area contributed by atoms with E-state index in [1.807, 2.05) is 24.3 Å². The van der Waals surface area contributed by atoms with Gasteiger partial charge in [-0.1, -0.05) is 29.3 Å². The van der Waals surface area contributed by atoms with Crippen LogP contribution in [0.2, 0.25) is 10.0 Å². The van der Waals surface area contributed by atoms with E-state index in [1.54, 1.807) is 30.6 Å². The molecule has 33 heavy (non-hydrogen) atoms. The fourth-order valence-corrected chi connectivity index (χ4v) is 5.07. The van der Waals surface area contributed by atoms with Gasteiger partial charge < -0.3 is 9.47 Å². The van der Waals surface area contributed by atoms with E-state index in [0.717, 1.165) is 59.8 Å². The lowest BCUT2D eigenvalue weighted by Gasteiger charge is -2.24. The van der Waals surface area contributed by atoms with Crippen molar-refractivity contribution in [3.8, 4) is 22.5 Å². The Morgan fingerprint density at radius 2 is 1.79 bits per heavy atom. The summed E-state index contributed by atoms with van der Waals surface area (Å²) in [5.74, 6) is 0.806. The Labute approximate surface area is 202 Å². The Morgan fingerprint density at radius 1 is 1.03 bits per heavy atom. The van der Waals surface area contributed by atoms with Crippen molar-refractivity contribution < 1.29 is 4.39 Å². The molecule has 0 bridgehead atoms. The van der Waals surface area contributed by atoms with E-state index in [0.29, 0.717) is 10.0 Å². The fraction of sp³-hybridized carbons (Fsp3) is 0.231. The van der Waals surface area contributed by atoms with Gasteiger partial charge in [-0.25, -0.2) is 9.37 Å². The molecule has 7 heteroatoms. The van der Waals surface area contributed by atoms with Crippen molar-refractivity contribution in [1.82, 2.24) is 19.4 Å². The molecule has 0 N–H and O–H groups in total. The first-order valence-corrected chi connectivity index (χ1v) is 11.6. The van der Waals surface area contributed by atoms with Gasteiger partial charge in [-0.2, -0.15) is 0 Å². The van der Waals surface area contributed by atoms with E-state index < -0.39 is 0 Å². The van der Waals surface area contributed by atoms with Crippen molar-refractivity contribution in [3.63, 3.8) is 0 Å². The second-order valence-electron chi connectivity index (χ2n) is 8.46. The smallest absolute Gasteiger partial charge is 0.123 e. The van der Waals surface area contributed by atoms with Gasteiger partial charge in [0.15, 0.2) is 0 Å². The summed E-state index contributed by atoms with van der Waals surface area (Å²) in [6, 6.07) is 16.5. The molecule has 1 atom stereocenters. The van der Waals surface area contributed by atoms with Gasteiger partial charge in [0, 0.05) is 59.1 Å². The number of pyridine rings is 1. The third-order valence-electron chi connectivity index (χ3n) is 6.10. The molecule has 4 nitrogen and oxygen atoms in total. The van der Waals surface area contributed by atoms with Crippen LogP contribution in [0, 0.1) is 5.82 Å². The summed E-state index contributed by atoms with van der Waals surface area (Å²) in [7, 11) is 2.10. The SMILES string of the molecule is CN(Cc1ccc(Cl)cc1Cl)CC1CCc2nc(-c3ccc(F)cc3)c(-c3ccncc3)n21. The van der Waals surface area contributed by atoms with E-state index in [9.17, 15) is 4.39 Å². The minimum Gasteiger partial charge on any atom is -0.323 e. The summed E-state index contributed by atoms with van der Waals surface area (Å²) in [4.78, 5) is 11.5. The van der Waals surface area contributed by atoms with E-state index in [4.69, 9.17) is 28.2 Å². The van der Waals surface area contributed by atoms with E-state index in [1.165, 1.54) is 12.1 Å². The number of hydrogen-bond donors (Lipinski definition) is 0. The first kappa shape index (κ1) is 22.1. The molecule has 0 radical (unpaired) electrons. The largest absolute Gasteiger partial charge is 0.323 e. The van der Waals surface area contributed by atoms with Crippen molar-refractivity contribution >= 4 is 23.2 Å². The Hall–Kier alpha value is -2.73. The third kappa shape index (κ3) is 4.54. The lowest BCUT2D eigenvalue weighted by Crippen LogP contribution is -2.26. The summed E-state index contributed by atoms with van der Waals surface area (Å²) in [6.45, 7) is 1.58. The molecule has 0 amide bonds. The van der Waals surface area contributed by atoms with Crippen LogP contribution in [0.5, 0.6) is 0 Å². The number of aromatic nitrogens is 3. The molecular formula is C26H23Cl2FN4. The third-order valence-corrected chi connectivity index (χ3v) is 6.69. The molecule has 0 aliphatic carbocycles. The molecule has 168 valence electrons. The molecule has 4 aromatic rings. The highest BCUT2D eigenvalue weighted by Gasteiger charge is 2.30. The van der Waals surface area contributed by atoms with Crippen LogP contribution >= 0.6 is 23.2 Å². The van der Waals surface area contributed by atoms with Crippen molar-refractivity contribution in [2.45, 2.75) is 25.4 Å². The van der Waals surface area contributed by atoms with Crippen molar-refractivity contribution in [2.75, 3.05) is 13.6 Å². The van der Waals surface area contributed by atoms with Gasteiger partial charge in [0.2, 0.25) is 0 Å². The summed E-state index contributed by atoms with van der Waals surface area (Å²) in [5, 5.41) is 1.32. The second-order valence-corrected chi connectivity index (χ2v) is 9.31. The van der Waals surface area contributed by atoms with Gasteiger partial charge in [0.25, 0.3) is 0 Å². The van der Waals surface area contributed by atoms with Crippen LogP contribution in [-0.2, 0) is 13.0 Å². The highest BCUT2D eigenvalue weighted by molar-refractivity contribution is 6.35. The minimum absolute atomic E-state index is 0.253. The highest BCUT2D eigenvalue weighted by Crippen LogP contribution is 2.40. The topological polar surface area (TPSA) is 34.0 Å². The van der Waals surface area contributed by atoms with E-state index in [-0.39, 0.29) is 11.9 Å². The Balaban J connectivity index is 1.49. The lowest BCUT2D eigenvalue weighted by atomic mass is 10.0. The van der Waals surface area contributed by atoms with Crippen LogP contribution in [0.1, 0.15) is 23.9 Å². The highest BCUT2D eigenvalue weighted by atomic mass is 35.5. The molecule has 2 aromatic heterocycles. The number of fused-ring (bicyclic) bond motifs is 1. The maximum absolute atomic E-state index is 13.6. The van der Waals surface area contributed by atoms with E-state index in [2.05, 4.69) is 21.5 Å². The standard InChI is InChI=1S/C26H23Cl2FN4/c1-32(15-19-2-5-20(27)14-23(19)28)16-22-8-9-24-31-25(17-3-6-21(29)7-4-17)26(33(22)24)18-10-12-30-13-11-18/h2-7,10-14,22H,8-9,15-16H2,1H3. The maximum atomic E-state index is 13.6. The molecule has 0 saturated carbocycles. The zero-order chi connectivity index (χ0) is 22.9. The van der Waals surface area contributed by atoms with Crippen molar-refractivity contribution in [1.29, 1.82) is 0 Å². The second kappa shape index (κ2) is 9.26. The molecule has 1 unspecified atom stereocenters. The molecule has 2 aromatic carbocycles. The number of rotatable bonds is 6. The summed E-state index contributed by atoms with van der Waals surface area (Å²) < 4.78 is 15.9. The zero-order valence-corrected chi connectivity index (χ0v) is 19.7. The number of nitrogens with zero attached hydrogens (tertiary/aromatic N) is 4. The van der Waals surface area contributed by atoms with Crippen LogP contribution in [0.15, 0.2) is 67.0 Å². The predicted octanol–water partition coefficient (Wildman–Crippen LogP) is 6.68. The Morgan fingerprint density at radius 3 is 2.52 bits per heavy atom. The monoisotopic (exact) mass is 480 g/mol. The van der Waals surface area contributed by atoms with Gasteiger partial charge in [-0.3, -0.25) is 4.98 Å². The number of halogens is 3. The molecule has 1 aliphatic heterocycles. The van der Waals surface area contributed by atoms with Crippen LogP contribution < -0.4 is 0 Å². The summed E-state index contributed by atoms with van der Waals surface area (Å²) >= 11 is 12.5.